The Balaban J connectivity index is 2.96. The second-order valence-corrected chi connectivity index (χ2v) is 3.47. The molecule has 0 unspecified atom stereocenters. The van der Waals surface area contributed by atoms with Crippen molar-refractivity contribution >= 4 is 5.97 Å². The molecule has 1 heterocycles. The SMILES string of the molecule is CCCc1ncc(C(=O)OCC)c(CC)n1. The van der Waals surface area contributed by atoms with Crippen LogP contribution >= 0.6 is 0 Å². The zero-order valence-electron chi connectivity index (χ0n) is 10.1. The second kappa shape index (κ2) is 6.20. The van der Waals surface area contributed by atoms with Crippen molar-refractivity contribution in [1.29, 1.82) is 0 Å². The number of nitrogens with zero attached hydrogens (tertiary/aromatic N) is 2. The van der Waals surface area contributed by atoms with Crippen molar-refractivity contribution < 1.29 is 9.53 Å². The molecule has 4 heteroatoms. The molecule has 0 aliphatic rings. The Hall–Kier alpha value is -1.45. The molecule has 0 atom stereocenters. The van der Waals surface area contributed by atoms with E-state index >= 15 is 0 Å². The van der Waals surface area contributed by atoms with E-state index in [9.17, 15) is 4.79 Å². The number of esters is 1. The molecule has 0 spiro atoms. The number of ether oxygens (including phenoxy) is 1. The van der Waals surface area contributed by atoms with Crippen LogP contribution in [0, 0.1) is 0 Å². The standard InChI is InChI=1S/C12H18N2O2/c1-4-7-11-13-8-9(10(5-2)14-11)12(15)16-6-3/h8H,4-7H2,1-3H3. The first-order valence-electron chi connectivity index (χ1n) is 5.74. The highest BCUT2D eigenvalue weighted by molar-refractivity contribution is 5.90. The van der Waals surface area contributed by atoms with Gasteiger partial charge in [0.25, 0.3) is 0 Å². The van der Waals surface area contributed by atoms with Crippen LogP contribution in [-0.4, -0.2) is 22.5 Å². The largest absolute Gasteiger partial charge is 0.462 e. The molecule has 4 nitrogen and oxygen atoms in total. The number of hydrogen-bond donors (Lipinski definition) is 0. The fourth-order valence-electron chi connectivity index (χ4n) is 1.45. The van der Waals surface area contributed by atoms with Gasteiger partial charge in [-0.1, -0.05) is 13.8 Å². The summed E-state index contributed by atoms with van der Waals surface area (Å²) in [6, 6.07) is 0. The molecule has 0 radical (unpaired) electrons. The Kier molecular flexibility index (Phi) is 4.89. The summed E-state index contributed by atoms with van der Waals surface area (Å²) >= 11 is 0. The van der Waals surface area contributed by atoms with Gasteiger partial charge in [0.15, 0.2) is 0 Å². The van der Waals surface area contributed by atoms with Crippen LogP contribution in [0.15, 0.2) is 6.20 Å². The summed E-state index contributed by atoms with van der Waals surface area (Å²) < 4.78 is 4.95. The van der Waals surface area contributed by atoms with E-state index < -0.39 is 0 Å². The topological polar surface area (TPSA) is 52.1 Å². The molecule has 0 aliphatic heterocycles. The average molecular weight is 222 g/mol. The lowest BCUT2D eigenvalue weighted by Crippen LogP contribution is -2.11. The summed E-state index contributed by atoms with van der Waals surface area (Å²) in [5.41, 5.74) is 1.26. The number of aryl methyl sites for hydroxylation is 2. The third-order valence-corrected chi connectivity index (χ3v) is 2.22. The zero-order chi connectivity index (χ0) is 12.0. The Bertz CT molecular complexity index is 364. The monoisotopic (exact) mass is 222 g/mol. The van der Waals surface area contributed by atoms with E-state index in [1.165, 1.54) is 0 Å². The van der Waals surface area contributed by atoms with Gasteiger partial charge in [-0.25, -0.2) is 14.8 Å². The van der Waals surface area contributed by atoms with Crippen molar-refractivity contribution in [2.24, 2.45) is 0 Å². The average Bonchev–Trinajstić information content (AvgIpc) is 2.29. The van der Waals surface area contributed by atoms with Gasteiger partial charge in [0, 0.05) is 12.6 Å². The highest BCUT2D eigenvalue weighted by Crippen LogP contribution is 2.09. The molecule has 0 aromatic carbocycles. The predicted octanol–water partition coefficient (Wildman–Crippen LogP) is 2.17. The van der Waals surface area contributed by atoms with E-state index in [1.54, 1.807) is 13.1 Å². The number of hydrogen-bond acceptors (Lipinski definition) is 4. The summed E-state index contributed by atoms with van der Waals surface area (Å²) in [6.45, 7) is 6.21. The number of carbonyl (C=O) groups is 1. The van der Waals surface area contributed by atoms with Gasteiger partial charge < -0.3 is 4.74 Å². The van der Waals surface area contributed by atoms with Crippen LogP contribution in [0.4, 0.5) is 0 Å². The maximum Gasteiger partial charge on any atom is 0.341 e. The molecule has 0 aliphatic carbocycles. The van der Waals surface area contributed by atoms with E-state index in [4.69, 9.17) is 4.74 Å². The maximum atomic E-state index is 11.6. The van der Waals surface area contributed by atoms with E-state index in [1.807, 2.05) is 6.92 Å². The van der Waals surface area contributed by atoms with Crippen LogP contribution in [0.25, 0.3) is 0 Å². The van der Waals surface area contributed by atoms with Gasteiger partial charge in [-0.2, -0.15) is 0 Å². The third-order valence-electron chi connectivity index (χ3n) is 2.22. The lowest BCUT2D eigenvalue weighted by Gasteiger charge is -2.07. The molecule has 0 N–H and O–H groups in total. The maximum absolute atomic E-state index is 11.6. The minimum Gasteiger partial charge on any atom is -0.462 e. The summed E-state index contributed by atoms with van der Waals surface area (Å²) in [7, 11) is 0. The lowest BCUT2D eigenvalue weighted by atomic mass is 10.2. The highest BCUT2D eigenvalue weighted by atomic mass is 16.5. The first-order chi connectivity index (χ1) is 7.72. The minimum absolute atomic E-state index is 0.331. The van der Waals surface area contributed by atoms with Crippen molar-refractivity contribution in [1.82, 2.24) is 9.97 Å². The molecule has 1 rings (SSSR count). The van der Waals surface area contributed by atoms with Crippen LogP contribution in [0.1, 0.15) is 49.1 Å². The molecular weight excluding hydrogens is 204 g/mol. The minimum atomic E-state index is -0.331. The number of rotatable bonds is 5. The van der Waals surface area contributed by atoms with E-state index in [0.717, 1.165) is 24.4 Å². The van der Waals surface area contributed by atoms with Crippen LogP contribution in [0.5, 0.6) is 0 Å². The summed E-state index contributed by atoms with van der Waals surface area (Å²) in [5.74, 6) is 0.467. The van der Waals surface area contributed by atoms with Crippen molar-refractivity contribution in [2.45, 2.75) is 40.0 Å². The second-order valence-electron chi connectivity index (χ2n) is 3.47. The molecule has 0 bridgehead atoms. The Labute approximate surface area is 96.1 Å². The molecule has 0 saturated carbocycles. The molecule has 1 aromatic rings. The van der Waals surface area contributed by atoms with Crippen molar-refractivity contribution in [2.75, 3.05) is 6.61 Å². The smallest absolute Gasteiger partial charge is 0.341 e. The van der Waals surface area contributed by atoms with Crippen molar-refractivity contribution in [3.05, 3.63) is 23.3 Å². The Morgan fingerprint density at radius 2 is 2.12 bits per heavy atom. The van der Waals surface area contributed by atoms with Crippen molar-refractivity contribution in [3.63, 3.8) is 0 Å². The third kappa shape index (κ3) is 3.02. The molecule has 0 saturated heterocycles. The molecule has 16 heavy (non-hydrogen) atoms. The van der Waals surface area contributed by atoms with Gasteiger partial charge >= 0.3 is 5.97 Å². The van der Waals surface area contributed by atoms with Gasteiger partial charge in [-0.15, -0.1) is 0 Å². The zero-order valence-corrected chi connectivity index (χ0v) is 10.1. The van der Waals surface area contributed by atoms with Crippen LogP contribution < -0.4 is 0 Å². The summed E-state index contributed by atoms with van der Waals surface area (Å²) in [4.78, 5) is 20.1. The Morgan fingerprint density at radius 1 is 1.38 bits per heavy atom. The van der Waals surface area contributed by atoms with Crippen molar-refractivity contribution in [3.8, 4) is 0 Å². The van der Waals surface area contributed by atoms with Gasteiger partial charge in [-0.05, 0) is 19.8 Å². The van der Waals surface area contributed by atoms with Crippen LogP contribution in [0.2, 0.25) is 0 Å². The van der Waals surface area contributed by atoms with Gasteiger partial charge in [0.05, 0.1) is 17.9 Å². The Morgan fingerprint density at radius 3 is 2.69 bits per heavy atom. The highest BCUT2D eigenvalue weighted by Gasteiger charge is 2.13. The summed E-state index contributed by atoms with van der Waals surface area (Å²) in [6.07, 6.45) is 4.14. The first kappa shape index (κ1) is 12.6. The van der Waals surface area contributed by atoms with Gasteiger partial charge in [-0.3, -0.25) is 0 Å². The van der Waals surface area contributed by atoms with E-state index in [-0.39, 0.29) is 5.97 Å². The molecular formula is C12H18N2O2. The molecule has 88 valence electrons. The quantitative estimate of drug-likeness (QED) is 0.716. The van der Waals surface area contributed by atoms with E-state index in [0.29, 0.717) is 18.6 Å². The number of aromatic nitrogens is 2. The molecule has 0 fully saturated rings. The van der Waals surface area contributed by atoms with Crippen LogP contribution in [-0.2, 0) is 17.6 Å². The van der Waals surface area contributed by atoms with Gasteiger partial charge in [0.2, 0.25) is 0 Å². The number of carbonyl (C=O) groups excluding carboxylic acids is 1. The first-order valence-corrected chi connectivity index (χ1v) is 5.74. The summed E-state index contributed by atoms with van der Waals surface area (Å²) in [5, 5.41) is 0. The fourth-order valence-corrected chi connectivity index (χ4v) is 1.45. The molecule has 0 amide bonds. The lowest BCUT2D eigenvalue weighted by molar-refractivity contribution is 0.0524. The van der Waals surface area contributed by atoms with Gasteiger partial charge in [0.1, 0.15) is 5.82 Å². The van der Waals surface area contributed by atoms with Crippen LogP contribution in [0.3, 0.4) is 0 Å². The van der Waals surface area contributed by atoms with E-state index in [2.05, 4.69) is 16.9 Å². The predicted molar refractivity (Wildman–Crippen MR) is 61.4 cm³/mol. The normalized spacial score (nSPS) is 10.2. The fraction of sp³-hybridized carbons (Fsp3) is 0.583. The molecule has 1 aromatic heterocycles.